The molecule has 0 amide bonds. The van der Waals surface area contributed by atoms with Crippen molar-refractivity contribution >= 4 is 33.8 Å². The second-order valence-corrected chi connectivity index (χ2v) is 11.9. The minimum atomic E-state index is -0.782. The van der Waals surface area contributed by atoms with Crippen molar-refractivity contribution in [3.8, 4) is 17.2 Å². The maximum absolute atomic E-state index is 13.6. The highest BCUT2D eigenvalue weighted by Gasteiger charge is 2.24. The lowest BCUT2D eigenvalue weighted by molar-refractivity contribution is 0.0540. The van der Waals surface area contributed by atoms with Crippen LogP contribution in [0.2, 0.25) is 0 Å². The largest absolute Gasteiger partial charge is 0.443 e. The van der Waals surface area contributed by atoms with Gasteiger partial charge in [-0.05, 0) is 62.2 Å². The molecule has 1 atom stereocenters. The molecule has 0 bridgehead atoms. The van der Waals surface area contributed by atoms with E-state index in [0.29, 0.717) is 28.0 Å². The standard InChI is InChI=1S/C37H32N4O4/c1-37(2,3)45-36(43)41-30(22-29(23-38)39-34(24-11-7-5-8-12-24)25-13-9-6-10-14-25)20-28-19-26(15-17-31(28)41)27-16-18-33-32(21-27)40(4)35(42)44-33/h5-21,29H,22H2,1-4H3. The number of fused-ring (bicyclic) bond motifs is 2. The molecule has 8 heteroatoms. The Bertz CT molecular complexity index is 2120. The van der Waals surface area contributed by atoms with Crippen LogP contribution in [0.3, 0.4) is 0 Å². The van der Waals surface area contributed by atoms with E-state index in [1.165, 1.54) is 9.13 Å². The summed E-state index contributed by atoms with van der Waals surface area (Å²) in [6.45, 7) is 5.46. The van der Waals surface area contributed by atoms with Gasteiger partial charge in [-0.2, -0.15) is 5.26 Å². The highest BCUT2D eigenvalue weighted by atomic mass is 16.6. The minimum Gasteiger partial charge on any atom is -0.443 e. The summed E-state index contributed by atoms with van der Waals surface area (Å²) < 4.78 is 14.1. The zero-order valence-corrected chi connectivity index (χ0v) is 25.5. The van der Waals surface area contributed by atoms with Crippen molar-refractivity contribution in [1.82, 2.24) is 9.13 Å². The van der Waals surface area contributed by atoms with E-state index in [1.807, 2.05) is 118 Å². The maximum Gasteiger partial charge on any atom is 0.419 e. The summed E-state index contributed by atoms with van der Waals surface area (Å²) in [6, 6.07) is 34.4. The lowest BCUT2D eigenvalue weighted by Crippen LogP contribution is -2.28. The van der Waals surface area contributed by atoms with Gasteiger partial charge in [0.05, 0.1) is 22.8 Å². The number of aromatic nitrogens is 2. The first-order valence-corrected chi connectivity index (χ1v) is 14.7. The summed E-state index contributed by atoms with van der Waals surface area (Å²) in [5, 5.41) is 11.1. The minimum absolute atomic E-state index is 0.187. The van der Waals surface area contributed by atoms with Gasteiger partial charge in [0, 0.05) is 35.7 Å². The summed E-state index contributed by atoms with van der Waals surface area (Å²) in [5.74, 6) is -0.422. The van der Waals surface area contributed by atoms with Gasteiger partial charge < -0.3 is 9.15 Å². The van der Waals surface area contributed by atoms with Crippen LogP contribution in [-0.4, -0.2) is 32.6 Å². The fourth-order valence-corrected chi connectivity index (χ4v) is 5.41. The molecule has 0 spiro atoms. The van der Waals surface area contributed by atoms with E-state index in [9.17, 15) is 14.9 Å². The van der Waals surface area contributed by atoms with Gasteiger partial charge in [-0.1, -0.05) is 72.8 Å². The molecule has 0 aliphatic carbocycles. The van der Waals surface area contributed by atoms with E-state index in [0.717, 1.165) is 27.6 Å². The van der Waals surface area contributed by atoms with Gasteiger partial charge >= 0.3 is 11.8 Å². The second-order valence-electron chi connectivity index (χ2n) is 11.9. The van der Waals surface area contributed by atoms with E-state index in [-0.39, 0.29) is 6.42 Å². The van der Waals surface area contributed by atoms with Crippen LogP contribution in [0.25, 0.3) is 33.1 Å². The lowest BCUT2D eigenvalue weighted by atomic mass is 10.0. The molecule has 1 unspecified atom stereocenters. The summed E-state index contributed by atoms with van der Waals surface area (Å²) in [6.07, 6.45) is -0.339. The quantitative estimate of drug-likeness (QED) is 0.185. The Kier molecular flexibility index (Phi) is 7.69. The van der Waals surface area contributed by atoms with Crippen LogP contribution in [0, 0.1) is 11.3 Å². The molecule has 6 aromatic rings. The van der Waals surface area contributed by atoms with Gasteiger partial charge in [-0.3, -0.25) is 9.56 Å². The average molecular weight is 597 g/mol. The van der Waals surface area contributed by atoms with E-state index >= 15 is 0 Å². The number of aliphatic imine (C=N–C) groups is 1. The van der Waals surface area contributed by atoms with Crippen LogP contribution < -0.4 is 5.76 Å². The molecule has 2 heterocycles. The molecule has 0 saturated carbocycles. The van der Waals surface area contributed by atoms with Crippen molar-refractivity contribution in [2.24, 2.45) is 12.0 Å². The van der Waals surface area contributed by atoms with Crippen LogP contribution in [0.15, 0.2) is 117 Å². The normalized spacial score (nSPS) is 12.2. The number of hydrogen-bond acceptors (Lipinski definition) is 6. The molecule has 8 nitrogen and oxygen atoms in total. The summed E-state index contributed by atoms with van der Waals surface area (Å²) in [7, 11) is 1.67. The smallest absolute Gasteiger partial charge is 0.419 e. The first kappa shape index (κ1) is 29.4. The Morgan fingerprint density at radius 1 is 0.889 bits per heavy atom. The van der Waals surface area contributed by atoms with Crippen molar-refractivity contribution in [3.05, 3.63) is 130 Å². The predicted molar refractivity (Wildman–Crippen MR) is 176 cm³/mol. The Labute approximate surface area is 260 Å². The van der Waals surface area contributed by atoms with Gasteiger partial charge in [0.2, 0.25) is 0 Å². The topological polar surface area (TPSA) is 103 Å². The third-order valence-electron chi connectivity index (χ3n) is 7.51. The molecule has 0 N–H and O–H groups in total. The maximum atomic E-state index is 13.6. The number of oxazole rings is 1. The first-order valence-electron chi connectivity index (χ1n) is 14.7. The predicted octanol–water partition coefficient (Wildman–Crippen LogP) is 7.51. The average Bonchev–Trinajstić information content (AvgIpc) is 3.53. The number of benzene rings is 4. The number of hydrogen-bond donors (Lipinski definition) is 0. The van der Waals surface area contributed by atoms with Gasteiger partial charge in [0.15, 0.2) is 5.58 Å². The zero-order valence-electron chi connectivity index (χ0n) is 25.5. The SMILES string of the molecule is Cn1c(=O)oc2ccc(-c3ccc4c(c3)cc(CC(C#N)N=C(c3ccccc3)c3ccccc3)n4C(=O)OC(C)(C)C)cc21. The van der Waals surface area contributed by atoms with E-state index in [2.05, 4.69) is 6.07 Å². The van der Waals surface area contributed by atoms with Crippen LogP contribution in [0.4, 0.5) is 4.79 Å². The number of ether oxygens (including phenoxy) is 1. The van der Waals surface area contributed by atoms with Crippen molar-refractivity contribution in [2.45, 2.75) is 38.8 Å². The number of carbonyl (C=O) groups excluding carboxylic acids is 1. The molecule has 4 aromatic carbocycles. The number of nitriles is 1. The fourth-order valence-electron chi connectivity index (χ4n) is 5.41. The summed E-state index contributed by atoms with van der Waals surface area (Å²) in [4.78, 5) is 30.6. The molecule has 0 fully saturated rings. The van der Waals surface area contributed by atoms with Gasteiger partial charge in [-0.25, -0.2) is 14.2 Å². The molecule has 2 aromatic heterocycles. The monoisotopic (exact) mass is 596 g/mol. The second kappa shape index (κ2) is 11.8. The summed E-state index contributed by atoms with van der Waals surface area (Å²) in [5.41, 5.74) is 6.04. The first-order chi connectivity index (χ1) is 21.6. The molecule has 0 aliphatic rings. The molecule has 0 radical (unpaired) electrons. The molecule has 0 saturated heterocycles. The van der Waals surface area contributed by atoms with Crippen LogP contribution in [-0.2, 0) is 18.2 Å². The Morgan fingerprint density at radius 3 is 2.13 bits per heavy atom. The van der Waals surface area contributed by atoms with Crippen LogP contribution in [0.1, 0.15) is 37.6 Å². The van der Waals surface area contributed by atoms with E-state index in [1.54, 1.807) is 13.1 Å². The zero-order chi connectivity index (χ0) is 31.7. The molecular weight excluding hydrogens is 564 g/mol. The number of carbonyl (C=O) groups is 1. The van der Waals surface area contributed by atoms with Crippen molar-refractivity contribution in [3.63, 3.8) is 0 Å². The van der Waals surface area contributed by atoms with Gasteiger partial charge in [0.25, 0.3) is 0 Å². The molecule has 0 aliphatic heterocycles. The van der Waals surface area contributed by atoms with Crippen LogP contribution >= 0.6 is 0 Å². The van der Waals surface area contributed by atoms with E-state index in [4.69, 9.17) is 14.1 Å². The fraction of sp³-hybridized carbons (Fsp3) is 0.189. The Morgan fingerprint density at radius 2 is 1.51 bits per heavy atom. The lowest BCUT2D eigenvalue weighted by Gasteiger charge is -2.21. The van der Waals surface area contributed by atoms with Gasteiger partial charge in [-0.15, -0.1) is 0 Å². The van der Waals surface area contributed by atoms with Crippen molar-refractivity contribution in [2.75, 3.05) is 0 Å². The van der Waals surface area contributed by atoms with Crippen molar-refractivity contribution < 1.29 is 13.9 Å². The Hall–Kier alpha value is -5.68. The summed E-state index contributed by atoms with van der Waals surface area (Å²) >= 11 is 0. The highest BCUT2D eigenvalue weighted by Crippen LogP contribution is 2.30. The molecule has 45 heavy (non-hydrogen) atoms. The highest BCUT2D eigenvalue weighted by molar-refractivity contribution is 6.13. The molecule has 6 rings (SSSR count). The Balaban J connectivity index is 1.44. The number of nitrogens with zero attached hydrogens (tertiary/aromatic N) is 4. The van der Waals surface area contributed by atoms with Crippen molar-refractivity contribution in [1.29, 1.82) is 5.26 Å². The van der Waals surface area contributed by atoms with Gasteiger partial charge in [0.1, 0.15) is 11.6 Å². The third kappa shape index (κ3) is 6.06. The van der Waals surface area contributed by atoms with Crippen LogP contribution in [0.5, 0.6) is 0 Å². The molecular formula is C37H32N4O4. The van der Waals surface area contributed by atoms with E-state index < -0.39 is 23.5 Å². The number of aryl methyl sites for hydroxylation is 1. The number of rotatable bonds is 6. The third-order valence-corrected chi connectivity index (χ3v) is 7.51. The molecule has 224 valence electrons.